The van der Waals surface area contributed by atoms with E-state index >= 15 is 0 Å². The van der Waals surface area contributed by atoms with Crippen molar-refractivity contribution in [1.82, 2.24) is 4.90 Å². The van der Waals surface area contributed by atoms with Crippen molar-refractivity contribution in [2.45, 2.75) is 32.2 Å². The van der Waals surface area contributed by atoms with Gasteiger partial charge in [0.25, 0.3) is 5.91 Å². The normalized spacial score (nSPS) is 18.0. The van der Waals surface area contributed by atoms with E-state index in [0.717, 1.165) is 34.6 Å². The molecule has 1 amide bonds. The molecule has 1 N–H and O–H groups in total. The smallest absolute Gasteiger partial charge is 0.326 e. The van der Waals surface area contributed by atoms with Crippen molar-refractivity contribution in [3.05, 3.63) is 47.7 Å². The monoisotopic (exact) mass is 337 g/mol. The van der Waals surface area contributed by atoms with Crippen molar-refractivity contribution in [2.75, 3.05) is 6.54 Å². The second-order valence-electron chi connectivity index (χ2n) is 6.57. The molecule has 1 unspecified atom stereocenters. The van der Waals surface area contributed by atoms with E-state index in [1.165, 1.54) is 4.90 Å². The number of rotatable bonds is 2. The fourth-order valence-electron chi connectivity index (χ4n) is 3.72. The number of hydrogen-bond donors (Lipinski definition) is 1. The number of hydrogen-bond acceptors (Lipinski definition) is 3. The Hall–Kier alpha value is -2.82. The van der Waals surface area contributed by atoms with Crippen LogP contribution in [0.25, 0.3) is 21.7 Å². The highest BCUT2D eigenvalue weighted by Crippen LogP contribution is 2.33. The number of likely N-dealkylation sites (tertiary alicyclic amines) is 1. The molecule has 2 aromatic carbocycles. The fraction of sp³-hybridized carbons (Fsp3) is 0.300. The number of fused-ring (bicyclic) bond motifs is 3. The highest BCUT2D eigenvalue weighted by molar-refractivity contribution is 6.09. The van der Waals surface area contributed by atoms with Gasteiger partial charge in [0.2, 0.25) is 0 Å². The Labute approximate surface area is 144 Å². The molecular formula is C20H19NO4. The van der Waals surface area contributed by atoms with E-state index < -0.39 is 12.0 Å². The molecule has 0 radical (unpaired) electrons. The van der Waals surface area contributed by atoms with E-state index in [4.69, 9.17) is 4.42 Å². The zero-order chi connectivity index (χ0) is 17.6. The average Bonchev–Trinajstić information content (AvgIpc) is 2.98. The zero-order valence-electron chi connectivity index (χ0n) is 14.0. The number of aryl methyl sites for hydroxylation is 1. The average molecular weight is 337 g/mol. The first-order chi connectivity index (χ1) is 12.1. The molecule has 1 fully saturated rings. The Bertz CT molecular complexity index is 988. The number of carbonyl (C=O) groups is 2. The summed E-state index contributed by atoms with van der Waals surface area (Å²) in [6.07, 6.45) is 2.13. The zero-order valence-corrected chi connectivity index (χ0v) is 14.0. The standard InChI is InChI=1S/C20H19NO4/c1-12-14-10-9-13-6-2-3-7-15(13)18(14)25-17(12)19(22)21-11-5-4-8-16(21)20(23)24/h2-3,6-7,9-10,16H,4-5,8,11H2,1H3,(H,23,24). The number of piperidine rings is 1. The summed E-state index contributed by atoms with van der Waals surface area (Å²) in [6.45, 7) is 2.31. The number of benzene rings is 2. The van der Waals surface area contributed by atoms with E-state index in [-0.39, 0.29) is 11.7 Å². The Kier molecular flexibility index (Phi) is 3.71. The van der Waals surface area contributed by atoms with E-state index in [1.807, 2.05) is 43.3 Å². The van der Waals surface area contributed by atoms with Crippen molar-refractivity contribution in [2.24, 2.45) is 0 Å². The summed E-state index contributed by atoms with van der Waals surface area (Å²) >= 11 is 0. The molecule has 2 heterocycles. The van der Waals surface area contributed by atoms with Crippen LogP contribution < -0.4 is 0 Å². The molecule has 25 heavy (non-hydrogen) atoms. The molecule has 0 bridgehead atoms. The third-order valence-electron chi connectivity index (χ3n) is 5.07. The fourth-order valence-corrected chi connectivity index (χ4v) is 3.72. The predicted octanol–water partition coefficient (Wildman–Crippen LogP) is 3.97. The van der Waals surface area contributed by atoms with Gasteiger partial charge in [-0.15, -0.1) is 0 Å². The molecule has 4 rings (SSSR count). The van der Waals surface area contributed by atoms with Crippen molar-refractivity contribution < 1.29 is 19.1 Å². The van der Waals surface area contributed by atoms with E-state index in [0.29, 0.717) is 18.5 Å². The topological polar surface area (TPSA) is 70.8 Å². The van der Waals surface area contributed by atoms with Gasteiger partial charge in [-0.05, 0) is 31.6 Å². The summed E-state index contributed by atoms with van der Waals surface area (Å²) in [5.74, 6) is -1.03. The van der Waals surface area contributed by atoms with Crippen LogP contribution in [-0.2, 0) is 4.79 Å². The maximum absolute atomic E-state index is 13.0. The van der Waals surface area contributed by atoms with Gasteiger partial charge in [0.1, 0.15) is 11.6 Å². The number of aliphatic carboxylic acids is 1. The molecule has 1 aliphatic rings. The van der Waals surface area contributed by atoms with Crippen LogP contribution in [0.3, 0.4) is 0 Å². The van der Waals surface area contributed by atoms with Crippen molar-refractivity contribution in [3.8, 4) is 0 Å². The summed E-state index contributed by atoms with van der Waals surface area (Å²) in [5.41, 5.74) is 1.45. The Morgan fingerprint density at radius 1 is 1.12 bits per heavy atom. The molecule has 128 valence electrons. The van der Waals surface area contributed by atoms with Crippen molar-refractivity contribution in [1.29, 1.82) is 0 Å². The Balaban J connectivity index is 1.83. The van der Waals surface area contributed by atoms with Crippen LogP contribution in [0.15, 0.2) is 40.8 Å². The van der Waals surface area contributed by atoms with Gasteiger partial charge in [-0.2, -0.15) is 0 Å². The van der Waals surface area contributed by atoms with Gasteiger partial charge in [-0.3, -0.25) is 4.79 Å². The lowest BCUT2D eigenvalue weighted by molar-refractivity contribution is -0.143. The minimum Gasteiger partial charge on any atom is -0.480 e. The van der Waals surface area contributed by atoms with Crippen LogP contribution in [0.5, 0.6) is 0 Å². The van der Waals surface area contributed by atoms with Crippen LogP contribution in [0.4, 0.5) is 0 Å². The SMILES string of the molecule is Cc1c(C(=O)N2CCCCC2C(=O)O)oc2c1ccc1ccccc12. The molecule has 3 aromatic rings. The second kappa shape index (κ2) is 5.92. The molecule has 5 heteroatoms. The lowest BCUT2D eigenvalue weighted by atomic mass is 10.0. The summed E-state index contributed by atoms with van der Waals surface area (Å²) in [4.78, 5) is 26.0. The maximum atomic E-state index is 13.0. The molecule has 5 nitrogen and oxygen atoms in total. The summed E-state index contributed by atoms with van der Waals surface area (Å²) in [5, 5.41) is 12.3. The molecule has 0 aliphatic carbocycles. The lowest BCUT2D eigenvalue weighted by Crippen LogP contribution is -2.48. The number of carbonyl (C=O) groups excluding carboxylic acids is 1. The summed E-state index contributed by atoms with van der Waals surface area (Å²) in [7, 11) is 0. The molecule has 1 aliphatic heterocycles. The van der Waals surface area contributed by atoms with Gasteiger partial charge in [0.05, 0.1) is 0 Å². The first-order valence-electron chi connectivity index (χ1n) is 8.52. The quantitative estimate of drug-likeness (QED) is 0.768. The van der Waals surface area contributed by atoms with E-state index in [1.54, 1.807) is 0 Å². The molecular weight excluding hydrogens is 318 g/mol. The van der Waals surface area contributed by atoms with E-state index in [9.17, 15) is 14.7 Å². The summed E-state index contributed by atoms with van der Waals surface area (Å²) < 4.78 is 5.97. The number of carboxylic acids is 1. The van der Waals surface area contributed by atoms with Crippen LogP contribution in [0.2, 0.25) is 0 Å². The highest BCUT2D eigenvalue weighted by atomic mass is 16.4. The maximum Gasteiger partial charge on any atom is 0.326 e. The third-order valence-corrected chi connectivity index (χ3v) is 5.07. The van der Waals surface area contributed by atoms with Gasteiger partial charge < -0.3 is 14.4 Å². The summed E-state index contributed by atoms with van der Waals surface area (Å²) in [6, 6.07) is 11.1. The number of furan rings is 1. The van der Waals surface area contributed by atoms with Gasteiger partial charge in [-0.1, -0.05) is 36.4 Å². The Morgan fingerprint density at radius 3 is 2.72 bits per heavy atom. The van der Waals surface area contributed by atoms with E-state index in [2.05, 4.69) is 0 Å². The predicted molar refractivity (Wildman–Crippen MR) is 94.8 cm³/mol. The van der Waals surface area contributed by atoms with Gasteiger partial charge in [0.15, 0.2) is 5.76 Å². The molecule has 1 saturated heterocycles. The molecule has 1 atom stereocenters. The lowest BCUT2D eigenvalue weighted by Gasteiger charge is -2.32. The largest absolute Gasteiger partial charge is 0.480 e. The van der Waals surface area contributed by atoms with Crippen LogP contribution >= 0.6 is 0 Å². The van der Waals surface area contributed by atoms with Gasteiger partial charge in [-0.25, -0.2) is 4.79 Å². The minimum absolute atomic E-state index is 0.250. The van der Waals surface area contributed by atoms with Gasteiger partial charge >= 0.3 is 5.97 Å². The van der Waals surface area contributed by atoms with Gasteiger partial charge in [0, 0.05) is 22.9 Å². The van der Waals surface area contributed by atoms with Crippen molar-refractivity contribution in [3.63, 3.8) is 0 Å². The first-order valence-corrected chi connectivity index (χ1v) is 8.52. The van der Waals surface area contributed by atoms with Crippen LogP contribution in [0.1, 0.15) is 35.4 Å². The Morgan fingerprint density at radius 2 is 1.92 bits per heavy atom. The molecule has 0 spiro atoms. The van der Waals surface area contributed by atoms with Crippen LogP contribution in [-0.4, -0.2) is 34.5 Å². The van der Waals surface area contributed by atoms with Crippen molar-refractivity contribution >= 4 is 33.6 Å². The molecule has 1 aromatic heterocycles. The number of carboxylic acid groups (broad SMARTS) is 1. The molecule has 0 saturated carbocycles. The third kappa shape index (κ3) is 2.47. The van der Waals surface area contributed by atoms with Crippen LogP contribution in [0, 0.1) is 6.92 Å². The number of nitrogens with zero attached hydrogens (tertiary/aromatic N) is 1. The number of amides is 1. The first kappa shape index (κ1) is 15.7. The second-order valence-corrected chi connectivity index (χ2v) is 6.57. The minimum atomic E-state index is -0.952. The highest BCUT2D eigenvalue weighted by Gasteiger charge is 2.35.